The van der Waals surface area contributed by atoms with Crippen LogP contribution in [0.5, 0.6) is 0 Å². The number of rotatable bonds is 5. The number of aliphatic carboxylic acids is 1. The van der Waals surface area contributed by atoms with Crippen molar-refractivity contribution in [3.8, 4) is 0 Å². The molecule has 1 N–H and O–H groups in total. The number of benzene rings is 1. The second kappa shape index (κ2) is 8.33. The van der Waals surface area contributed by atoms with Crippen molar-refractivity contribution < 1.29 is 28.2 Å². The summed E-state index contributed by atoms with van der Waals surface area (Å²) in [5.74, 6) is -2.24. The molecule has 2 aliphatic heterocycles. The molecule has 0 spiro atoms. The van der Waals surface area contributed by atoms with E-state index in [0.717, 1.165) is 18.9 Å². The lowest BCUT2D eigenvalue weighted by Gasteiger charge is -2.43. The van der Waals surface area contributed by atoms with Crippen LogP contribution in [0.4, 0.5) is 8.78 Å². The van der Waals surface area contributed by atoms with Gasteiger partial charge in [-0.15, -0.1) is 0 Å². The summed E-state index contributed by atoms with van der Waals surface area (Å²) in [6, 6.07) is 3.39. The Morgan fingerprint density at radius 1 is 1.26 bits per heavy atom. The van der Waals surface area contributed by atoms with Gasteiger partial charge in [0.05, 0.1) is 5.41 Å². The third-order valence-corrected chi connectivity index (χ3v) is 5.78. The van der Waals surface area contributed by atoms with E-state index in [1.807, 2.05) is 0 Å². The van der Waals surface area contributed by atoms with Crippen LogP contribution in [0, 0.1) is 17.6 Å². The summed E-state index contributed by atoms with van der Waals surface area (Å²) >= 11 is 0. The lowest BCUT2D eigenvalue weighted by molar-refractivity contribution is -0.143. The monoisotopic (exact) mass is 381 g/mol. The first-order valence-electron chi connectivity index (χ1n) is 9.47. The standard InChI is InChI=1S/C20H25F2NO4/c21-15-4-5-16(17(22)12-15)20(7-10-27-11-8-20)19(26)23-9-1-2-14(13-23)3-6-18(24)25/h4-5,12,14H,1-3,6-11,13H2,(H,24,25)/t14-/m0/s1. The first kappa shape index (κ1) is 19.7. The molecule has 5 nitrogen and oxygen atoms in total. The van der Waals surface area contributed by atoms with Gasteiger partial charge in [-0.3, -0.25) is 9.59 Å². The second-order valence-corrected chi connectivity index (χ2v) is 7.51. The second-order valence-electron chi connectivity index (χ2n) is 7.51. The minimum atomic E-state index is -1.05. The fourth-order valence-electron chi connectivity index (χ4n) is 4.31. The molecule has 0 radical (unpaired) electrons. The summed E-state index contributed by atoms with van der Waals surface area (Å²) < 4.78 is 33.4. The van der Waals surface area contributed by atoms with Gasteiger partial charge in [0, 0.05) is 44.4 Å². The van der Waals surface area contributed by atoms with Crippen molar-refractivity contribution in [2.45, 2.75) is 43.9 Å². The van der Waals surface area contributed by atoms with Crippen molar-refractivity contribution in [3.63, 3.8) is 0 Å². The third kappa shape index (κ3) is 4.29. The number of likely N-dealkylation sites (tertiary alicyclic amines) is 1. The molecular formula is C20H25F2NO4. The van der Waals surface area contributed by atoms with Crippen LogP contribution in [0.1, 0.15) is 44.1 Å². The van der Waals surface area contributed by atoms with Gasteiger partial charge < -0.3 is 14.7 Å². The number of carboxylic acid groups (broad SMARTS) is 1. The number of halogens is 2. The number of carboxylic acids is 1. The SMILES string of the molecule is O=C(O)CC[C@@H]1CCCN(C(=O)C2(c3ccc(F)cc3F)CCOCC2)C1. The lowest BCUT2D eigenvalue weighted by atomic mass is 9.72. The molecule has 148 valence electrons. The Balaban J connectivity index is 1.84. The Hall–Kier alpha value is -2.02. The Labute approximate surface area is 157 Å². The van der Waals surface area contributed by atoms with Crippen LogP contribution in [0.2, 0.25) is 0 Å². The quantitative estimate of drug-likeness (QED) is 0.851. The summed E-state index contributed by atoms with van der Waals surface area (Å²) in [6.45, 7) is 1.75. The van der Waals surface area contributed by atoms with Crippen molar-refractivity contribution >= 4 is 11.9 Å². The summed E-state index contributed by atoms with van der Waals surface area (Å²) in [5.41, 5.74) is -0.824. The van der Waals surface area contributed by atoms with E-state index < -0.39 is 23.0 Å². The molecule has 1 atom stereocenters. The first-order valence-corrected chi connectivity index (χ1v) is 9.47. The van der Waals surface area contributed by atoms with E-state index in [2.05, 4.69) is 0 Å². The number of hydrogen-bond acceptors (Lipinski definition) is 3. The molecule has 0 saturated carbocycles. The first-order chi connectivity index (χ1) is 12.9. The minimum Gasteiger partial charge on any atom is -0.481 e. The average molecular weight is 381 g/mol. The van der Waals surface area contributed by atoms with E-state index in [1.54, 1.807) is 4.90 Å². The molecular weight excluding hydrogens is 356 g/mol. The molecule has 2 saturated heterocycles. The molecule has 0 bridgehead atoms. The van der Waals surface area contributed by atoms with Crippen LogP contribution in [0.3, 0.4) is 0 Å². The smallest absolute Gasteiger partial charge is 0.303 e. The fraction of sp³-hybridized carbons (Fsp3) is 0.600. The molecule has 2 aliphatic rings. The largest absolute Gasteiger partial charge is 0.481 e. The van der Waals surface area contributed by atoms with Gasteiger partial charge in [-0.05, 0) is 44.1 Å². The maximum Gasteiger partial charge on any atom is 0.303 e. The highest BCUT2D eigenvalue weighted by molar-refractivity contribution is 5.88. The highest BCUT2D eigenvalue weighted by Crippen LogP contribution is 2.39. The van der Waals surface area contributed by atoms with E-state index in [1.165, 1.54) is 12.1 Å². The van der Waals surface area contributed by atoms with Crippen molar-refractivity contribution in [2.75, 3.05) is 26.3 Å². The number of amides is 1. The number of nitrogens with zero attached hydrogens (tertiary/aromatic N) is 1. The van der Waals surface area contributed by atoms with Gasteiger partial charge in [0.15, 0.2) is 0 Å². The zero-order chi connectivity index (χ0) is 19.4. The lowest BCUT2D eigenvalue weighted by Crippen LogP contribution is -2.53. The number of hydrogen-bond donors (Lipinski definition) is 1. The Kier molecular flexibility index (Phi) is 6.09. The Morgan fingerprint density at radius 3 is 2.67 bits per heavy atom. The molecule has 1 amide bonds. The maximum atomic E-state index is 14.6. The van der Waals surface area contributed by atoms with Gasteiger partial charge in [-0.1, -0.05) is 6.07 Å². The molecule has 7 heteroatoms. The van der Waals surface area contributed by atoms with Gasteiger partial charge in [0.25, 0.3) is 0 Å². The normalized spacial score (nSPS) is 22.4. The molecule has 0 unspecified atom stereocenters. The molecule has 27 heavy (non-hydrogen) atoms. The van der Waals surface area contributed by atoms with Crippen LogP contribution in [-0.4, -0.2) is 48.2 Å². The molecule has 3 rings (SSSR count). The third-order valence-electron chi connectivity index (χ3n) is 5.78. The van der Waals surface area contributed by atoms with E-state index in [9.17, 15) is 18.4 Å². The Bertz CT molecular complexity index is 703. The van der Waals surface area contributed by atoms with Crippen molar-refractivity contribution in [3.05, 3.63) is 35.4 Å². The van der Waals surface area contributed by atoms with Gasteiger partial charge >= 0.3 is 5.97 Å². The van der Waals surface area contributed by atoms with E-state index >= 15 is 0 Å². The Morgan fingerprint density at radius 2 is 2.00 bits per heavy atom. The van der Waals surface area contributed by atoms with Gasteiger partial charge in [0.2, 0.25) is 5.91 Å². The maximum absolute atomic E-state index is 14.6. The van der Waals surface area contributed by atoms with Gasteiger partial charge in [-0.25, -0.2) is 8.78 Å². The minimum absolute atomic E-state index is 0.0816. The van der Waals surface area contributed by atoms with Crippen LogP contribution >= 0.6 is 0 Å². The summed E-state index contributed by atoms with van der Waals surface area (Å²) in [6.07, 6.45) is 3.00. The molecule has 1 aromatic carbocycles. The highest BCUT2D eigenvalue weighted by Gasteiger charge is 2.46. The number of ether oxygens (including phenoxy) is 1. The molecule has 2 heterocycles. The predicted molar refractivity (Wildman–Crippen MR) is 94.3 cm³/mol. The van der Waals surface area contributed by atoms with Crippen LogP contribution in [0.15, 0.2) is 18.2 Å². The van der Waals surface area contributed by atoms with Crippen LogP contribution in [-0.2, 0) is 19.7 Å². The number of carbonyl (C=O) groups excluding carboxylic acids is 1. The molecule has 0 aromatic heterocycles. The average Bonchev–Trinajstić information content (AvgIpc) is 2.66. The summed E-state index contributed by atoms with van der Waals surface area (Å²) in [7, 11) is 0. The highest BCUT2D eigenvalue weighted by atomic mass is 19.1. The van der Waals surface area contributed by atoms with Gasteiger partial charge in [-0.2, -0.15) is 0 Å². The summed E-state index contributed by atoms with van der Waals surface area (Å²) in [5, 5.41) is 8.90. The van der Waals surface area contributed by atoms with E-state index in [-0.39, 0.29) is 23.8 Å². The molecule has 0 aliphatic carbocycles. The molecule has 2 fully saturated rings. The van der Waals surface area contributed by atoms with Crippen LogP contribution in [0.25, 0.3) is 0 Å². The zero-order valence-corrected chi connectivity index (χ0v) is 15.3. The van der Waals surface area contributed by atoms with Crippen molar-refractivity contribution in [1.29, 1.82) is 0 Å². The van der Waals surface area contributed by atoms with Crippen molar-refractivity contribution in [2.24, 2.45) is 5.92 Å². The van der Waals surface area contributed by atoms with Crippen LogP contribution < -0.4 is 0 Å². The van der Waals surface area contributed by atoms with Crippen molar-refractivity contribution in [1.82, 2.24) is 4.90 Å². The fourth-order valence-corrected chi connectivity index (χ4v) is 4.31. The molecule has 1 aromatic rings. The number of piperidine rings is 1. The summed E-state index contributed by atoms with van der Waals surface area (Å²) in [4.78, 5) is 26.1. The van der Waals surface area contributed by atoms with Gasteiger partial charge in [0.1, 0.15) is 11.6 Å². The predicted octanol–water partition coefficient (Wildman–Crippen LogP) is 3.12. The zero-order valence-electron chi connectivity index (χ0n) is 15.3. The number of carbonyl (C=O) groups is 2. The van der Waals surface area contributed by atoms with E-state index in [4.69, 9.17) is 9.84 Å². The van der Waals surface area contributed by atoms with E-state index in [0.29, 0.717) is 45.6 Å². The topological polar surface area (TPSA) is 66.8 Å².